The van der Waals surface area contributed by atoms with E-state index in [-0.39, 0.29) is 36.7 Å². The highest BCUT2D eigenvalue weighted by atomic mass is 16.7. The van der Waals surface area contributed by atoms with Crippen LogP contribution in [0.4, 0.5) is 16.2 Å². The fraction of sp³-hybridized carbons (Fsp3) is 0.200. The molecule has 69 heavy (non-hydrogen) atoms. The first kappa shape index (κ1) is 49.4. The third-order valence-corrected chi connectivity index (χ3v) is 10.8. The number of hydrogen-bond acceptors (Lipinski definition) is 12. The Balaban J connectivity index is 1.16. The van der Waals surface area contributed by atoms with Gasteiger partial charge in [-0.1, -0.05) is 103 Å². The van der Waals surface area contributed by atoms with Crippen molar-refractivity contribution in [3.05, 3.63) is 184 Å². The maximum absolute atomic E-state index is 14.5. The summed E-state index contributed by atoms with van der Waals surface area (Å²) in [7, 11) is 0. The summed E-state index contributed by atoms with van der Waals surface area (Å²) >= 11 is 0. The highest BCUT2D eigenvalue weighted by Crippen LogP contribution is 2.37. The first-order chi connectivity index (χ1) is 33.1. The molecule has 19 nitrogen and oxygen atoms in total. The predicted molar refractivity (Wildman–Crippen MR) is 249 cm³/mol. The van der Waals surface area contributed by atoms with Crippen LogP contribution in [-0.2, 0) is 50.4 Å². The molecule has 0 spiro atoms. The van der Waals surface area contributed by atoms with Crippen LogP contribution < -0.4 is 31.3 Å². The molecule has 5 aromatic carbocycles. The van der Waals surface area contributed by atoms with E-state index < -0.39 is 82.5 Å². The van der Waals surface area contributed by atoms with Gasteiger partial charge in [0.1, 0.15) is 36.0 Å². The summed E-state index contributed by atoms with van der Waals surface area (Å²) in [4.78, 5) is 115. The van der Waals surface area contributed by atoms with Crippen LogP contribution in [0.5, 0.6) is 5.75 Å². The van der Waals surface area contributed by atoms with E-state index in [0.717, 1.165) is 17.1 Å². The topological polar surface area (TPSA) is 262 Å². The quantitative estimate of drug-likeness (QED) is 0.0180. The number of benzene rings is 5. The summed E-state index contributed by atoms with van der Waals surface area (Å²) < 4.78 is 10.2. The first-order valence-electron chi connectivity index (χ1n) is 21.5. The second-order valence-corrected chi connectivity index (χ2v) is 15.7. The number of imide groups is 1. The minimum absolute atomic E-state index is 0.0301. The summed E-state index contributed by atoms with van der Waals surface area (Å²) in [6.45, 7) is 2.28. The predicted octanol–water partition coefficient (Wildman–Crippen LogP) is 4.56. The van der Waals surface area contributed by atoms with Crippen molar-refractivity contribution in [1.29, 1.82) is 0 Å². The standard InChI is InChI=1S/C50H47N7O12/c1-32(51-42(58)28-29-56-44(60)26-27-45(56)61)46(62)52-33(2)47(63)54-41(48(64)53-38-20-18-34(19-21-38)31-68-49(65)69-40-24-22-39(23-25-40)57(66)67)30-43(59)55-50(35-12-6-3-7-13-35,36-14-8-4-9-15-36)37-16-10-5-11-17-37/h3-27,32-33,41H,28-31H2,1-2H3,(H,51,58)(H,52,62)(H,53,64)(H,54,63)(H,55,59)/t32?,33-,41-/m0/s1. The number of nitrogens with zero attached hydrogens (tertiary/aromatic N) is 2. The minimum Gasteiger partial charge on any atom is -0.429 e. The Bertz CT molecular complexity index is 2600. The van der Waals surface area contributed by atoms with Gasteiger partial charge < -0.3 is 36.1 Å². The lowest BCUT2D eigenvalue weighted by molar-refractivity contribution is -0.384. The van der Waals surface area contributed by atoms with Crippen LogP contribution in [0.2, 0.25) is 0 Å². The van der Waals surface area contributed by atoms with Gasteiger partial charge in [0.2, 0.25) is 29.5 Å². The van der Waals surface area contributed by atoms with Gasteiger partial charge in [0.05, 0.1) is 11.3 Å². The van der Waals surface area contributed by atoms with Gasteiger partial charge in [-0.25, -0.2) is 4.79 Å². The molecular formula is C50H47N7O12. The van der Waals surface area contributed by atoms with Crippen LogP contribution in [0.25, 0.3) is 0 Å². The van der Waals surface area contributed by atoms with Crippen LogP contribution in [0, 0.1) is 10.1 Å². The maximum Gasteiger partial charge on any atom is 0.514 e. The molecule has 5 aromatic rings. The van der Waals surface area contributed by atoms with Crippen LogP contribution in [0.15, 0.2) is 152 Å². The molecule has 1 unspecified atom stereocenters. The van der Waals surface area contributed by atoms with E-state index in [2.05, 4.69) is 26.6 Å². The van der Waals surface area contributed by atoms with Crippen molar-refractivity contribution in [1.82, 2.24) is 26.2 Å². The third kappa shape index (κ3) is 13.1. The van der Waals surface area contributed by atoms with Gasteiger partial charge in [0.15, 0.2) is 0 Å². The average molecular weight is 938 g/mol. The monoisotopic (exact) mass is 937 g/mol. The van der Waals surface area contributed by atoms with Crippen molar-refractivity contribution in [3.63, 3.8) is 0 Å². The zero-order valence-electron chi connectivity index (χ0n) is 37.3. The average Bonchev–Trinajstić information content (AvgIpc) is 3.68. The number of rotatable bonds is 20. The van der Waals surface area contributed by atoms with E-state index in [1.165, 1.54) is 50.2 Å². The number of carbonyl (C=O) groups excluding carboxylic acids is 8. The molecule has 0 fully saturated rings. The molecule has 1 heterocycles. The second kappa shape index (κ2) is 22.9. The molecule has 0 radical (unpaired) electrons. The molecule has 7 amide bonds. The molecule has 0 aliphatic carbocycles. The lowest BCUT2D eigenvalue weighted by atomic mass is 9.77. The molecule has 0 saturated heterocycles. The molecule has 354 valence electrons. The lowest BCUT2D eigenvalue weighted by Gasteiger charge is -2.37. The lowest BCUT2D eigenvalue weighted by Crippen LogP contribution is -2.56. The fourth-order valence-electron chi connectivity index (χ4n) is 7.20. The van der Waals surface area contributed by atoms with Crippen molar-refractivity contribution in [2.24, 2.45) is 0 Å². The number of hydrogen-bond donors (Lipinski definition) is 5. The van der Waals surface area contributed by atoms with Crippen LogP contribution >= 0.6 is 0 Å². The van der Waals surface area contributed by atoms with Crippen molar-refractivity contribution in [3.8, 4) is 5.75 Å². The summed E-state index contributed by atoms with van der Waals surface area (Å²) in [6.07, 6.45) is 0.249. The molecule has 1 aliphatic rings. The number of nitro groups is 1. The number of nitrogens with one attached hydrogen (secondary N) is 5. The van der Waals surface area contributed by atoms with Gasteiger partial charge in [-0.05, 0) is 60.4 Å². The Kier molecular flexibility index (Phi) is 16.4. The highest BCUT2D eigenvalue weighted by molar-refractivity contribution is 6.13. The van der Waals surface area contributed by atoms with Crippen LogP contribution in [0.3, 0.4) is 0 Å². The molecular weight excluding hydrogens is 891 g/mol. The number of non-ortho nitro benzene ring substituents is 1. The largest absolute Gasteiger partial charge is 0.514 e. The first-order valence-corrected chi connectivity index (χ1v) is 21.5. The Labute approximate surface area is 395 Å². The Hall–Kier alpha value is -9.00. The van der Waals surface area contributed by atoms with E-state index in [1.807, 2.05) is 91.0 Å². The van der Waals surface area contributed by atoms with E-state index in [1.54, 1.807) is 12.1 Å². The summed E-state index contributed by atoms with van der Waals surface area (Å²) in [5.74, 6) is -4.77. The SMILES string of the molecule is CC(NC(=O)CCN1C(=O)C=CC1=O)C(=O)N[C@@H](C)C(=O)N[C@@H](CC(=O)NC(c1ccccc1)(c1ccccc1)c1ccccc1)C(=O)Nc1ccc(COC(=O)Oc2ccc([N+](=O)[O-])cc2)cc1. The molecule has 6 rings (SSSR count). The van der Waals surface area contributed by atoms with Crippen LogP contribution in [-0.4, -0.2) is 82.0 Å². The van der Waals surface area contributed by atoms with Crippen molar-refractivity contribution < 1.29 is 52.8 Å². The maximum atomic E-state index is 14.5. The zero-order valence-corrected chi connectivity index (χ0v) is 37.3. The molecule has 0 saturated carbocycles. The summed E-state index contributed by atoms with van der Waals surface area (Å²) in [5.41, 5.74) is 1.39. The number of ether oxygens (including phenoxy) is 2. The van der Waals surface area contributed by atoms with Gasteiger partial charge in [-0.2, -0.15) is 0 Å². The zero-order chi connectivity index (χ0) is 49.5. The number of carbonyl (C=O) groups is 8. The normalized spacial score (nSPS) is 13.3. The molecule has 1 aliphatic heterocycles. The Morgan fingerprint density at radius 2 is 1.14 bits per heavy atom. The smallest absolute Gasteiger partial charge is 0.429 e. The third-order valence-electron chi connectivity index (χ3n) is 10.8. The number of anilines is 1. The van der Waals surface area contributed by atoms with E-state index in [4.69, 9.17) is 9.47 Å². The van der Waals surface area contributed by atoms with Crippen molar-refractivity contribution >= 4 is 58.9 Å². The van der Waals surface area contributed by atoms with E-state index in [0.29, 0.717) is 22.3 Å². The van der Waals surface area contributed by atoms with Gasteiger partial charge in [0.25, 0.3) is 17.5 Å². The summed E-state index contributed by atoms with van der Waals surface area (Å²) in [6, 6.07) is 34.7. The summed E-state index contributed by atoms with van der Waals surface area (Å²) in [5, 5.41) is 24.4. The Morgan fingerprint density at radius 3 is 1.67 bits per heavy atom. The van der Waals surface area contributed by atoms with Crippen molar-refractivity contribution in [2.75, 3.05) is 11.9 Å². The molecule has 19 heteroatoms. The van der Waals surface area contributed by atoms with Gasteiger partial charge >= 0.3 is 6.16 Å². The van der Waals surface area contributed by atoms with E-state index >= 15 is 0 Å². The number of amides is 7. The van der Waals surface area contributed by atoms with Crippen molar-refractivity contribution in [2.45, 2.75) is 57.0 Å². The van der Waals surface area contributed by atoms with Gasteiger partial charge in [0, 0.05) is 42.9 Å². The fourth-order valence-corrected chi connectivity index (χ4v) is 7.20. The van der Waals surface area contributed by atoms with Gasteiger partial charge in [-0.3, -0.25) is 48.6 Å². The Morgan fingerprint density at radius 1 is 0.638 bits per heavy atom. The number of nitro benzene ring substituents is 1. The van der Waals surface area contributed by atoms with Gasteiger partial charge in [-0.15, -0.1) is 0 Å². The molecule has 3 atom stereocenters. The highest BCUT2D eigenvalue weighted by Gasteiger charge is 2.39. The molecule has 5 N–H and O–H groups in total. The molecule has 0 bridgehead atoms. The second-order valence-electron chi connectivity index (χ2n) is 15.7. The molecule has 0 aromatic heterocycles. The van der Waals surface area contributed by atoms with Crippen LogP contribution in [0.1, 0.15) is 48.9 Å². The van der Waals surface area contributed by atoms with E-state index in [9.17, 15) is 48.5 Å². The minimum atomic E-state index is -1.53.